The molecule has 1 aromatic heterocycles. The van der Waals surface area contributed by atoms with E-state index in [2.05, 4.69) is 53.6 Å². The summed E-state index contributed by atoms with van der Waals surface area (Å²) in [6.45, 7) is 4.48. The van der Waals surface area contributed by atoms with Gasteiger partial charge in [0, 0.05) is 5.92 Å². The molecular formula is C17H25N3S. The van der Waals surface area contributed by atoms with Gasteiger partial charge in [-0.3, -0.25) is 0 Å². The Balaban J connectivity index is 2.17. The van der Waals surface area contributed by atoms with Gasteiger partial charge in [0.1, 0.15) is 10.0 Å². The van der Waals surface area contributed by atoms with Gasteiger partial charge >= 0.3 is 0 Å². The Kier molecular flexibility index (Phi) is 6.33. The Bertz CT molecular complexity index is 524. The molecule has 0 fully saturated rings. The summed E-state index contributed by atoms with van der Waals surface area (Å²) in [5.74, 6) is 0.560. The molecule has 0 bridgehead atoms. The van der Waals surface area contributed by atoms with Gasteiger partial charge in [0.15, 0.2) is 0 Å². The molecule has 0 saturated carbocycles. The first-order valence-corrected chi connectivity index (χ1v) is 8.67. The van der Waals surface area contributed by atoms with Crippen LogP contribution in [0.3, 0.4) is 0 Å². The second kappa shape index (κ2) is 8.25. The van der Waals surface area contributed by atoms with Crippen LogP contribution in [0.15, 0.2) is 30.3 Å². The first-order valence-electron chi connectivity index (χ1n) is 7.85. The summed E-state index contributed by atoms with van der Waals surface area (Å²) < 4.78 is 0. The van der Waals surface area contributed by atoms with E-state index in [0.29, 0.717) is 5.92 Å². The summed E-state index contributed by atoms with van der Waals surface area (Å²) in [5, 5.41) is 14.5. The molecule has 1 N–H and O–H groups in total. The predicted octanol–water partition coefficient (Wildman–Crippen LogP) is 4.53. The average molecular weight is 303 g/mol. The van der Waals surface area contributed by atoms with Gasteiger partial charge in [-0.2, -0.15) is 0 Å². The van der Waals surface area contributed by atoms with Gasteiger partial charge in [-0.1, -0.05) is 68.4 Å². The zero-order chi connectivity index (χ0) is 15.1. The minimum atomic E-state index is 0.140. The maximum absolute atomic E-state index is 4.46. The van der Waals surface area contributed by atoms with Crippen LogP contribution in [0.2, 0.25) is 0 Å². The highest BCUT2D eigenvalue weighted by Crippen LogP contribution is 2.31. The molecule has 21 heavy (non-hydrogen) atoms. The molecular weight excluding hydrogens is 278 g/mol. The number of unbranched alkanes of at least 4 members (excludes halogenated alkanes) is 1. The Morgan fingerprint density at radius 1 is 1.10 bits per heavy atom. The minimum absolute atomic E-state index is 0.140. The summed E-state index contributed by atoms with van der Waals surface area (Å²) in [5.41, 5.74) is 1.24. The maximum Gasteiger partial charge on any atom is 0.139 e. The Morgan fingerprint density at radius 2 is 1.81 bits per heavy atom. The third kappa shape index (κ3) is 4.11. The molecule has 2 atom stereocenters. The lowest BCUT2D eigenvalue weighted by molar-refractivity contribution is 0.562. The van der Waals surface area contributed by atoms with Crippen LogP contribution in [0.1, 0.15) is 67.1 Å². The van der Waals surface area contributed by atoms with E-state index in [4.69, 9.17) is 0 Å². The van der Waals surface area contributed by atoms with Crippen LogP contribution < -0.4 is 5.32 Å². The molecule has 4 heteroatoms. The SMILES string of the molecule is CCCCC(CC)c1nnc(C(NC)c2ccccc2)s1. The van der Waals surface area contributed by atoms with E-state index >= 15 is 0 Å². The number of aromatic nitrogens is 2. The van der Waals surface area contributed by atoms with Crippen molar-refractivity contribution in [3.63, 3.8) is 0 Å². The molecule has 3 nitrogen and oxygen atoms in total. The first-order chi connectivity index (χ1) is 10.3. The Hall–Kier alpha value is -1.26. The van der Waals surface area contributed by atoms with Gasteiger partial charge < -0.3 is 5.32 Å². The van der Waals surface area contributed by atoms with E-state index in [0.717, 1.165) is 11.4 Å². The van der Waals surface area contributed by atoms with Crippen LogP contribution in [-0.2, 0) is 0 Å². The number of nitrogens with zero attached hydrogens (tertiary/aromatic N) is 2. The van der Waals surface area contributed by atoms with E-state index in [1.807, 2.05) is 13.1 Å². The molecule has 0 radical (unpaired) electrons. The van der Waals surface area contributed by atoms with Crippen LogP contribution in [-0.4, -0.2) is 17.2 Å². The van der Waals surface area contributed by atoms with Gasteiger partial charge in [-0.05, 0) is 25.5 Å². The zero-order valence-corrected chi connectivity index (χ0v) is 14.0. The fraction of sp³-hybridized carbons (Fsp3) is 0.529. The highest BCUT2D eigenvalue weighted by atomic mass is 32.1. The van der Waals surface area contributed by atoms with Crippen LogP contribution in [0.5, 0.6) is 0 Å². The fourth-order valence-electron chi connectivity index (χ4n) is 2.56. The lowest BCUT2D eigenvalue weighted by atomic mass is 10.0. The van der Waals surface area contributed by atoms with E-state index in [1.54, 1.807) is 11.3 Å². The van der Waals surface area contributed by atoms with Crippen LogP contribution in [0.4, 0.5) is 0 Å². The molecule has 2 unspecified atom stereocenters. The van der Waals surface area contributed by atoms with Gasteiger partial charge in [0.05, 0.1) is 6.04 Å². The summed E-state index contributed by atoms with van der Waals surface area (Å²) >= 11 is 1.76. The topological polar surface area (TPSA) is 37.8 Å². The van der Waals surface area contributed by atoms with Crippen molar-refractivity contribution in [1.82, 2.24) is 15.5 Å². The highest BCUT2D eigenvalue weighted by molar-refractivity contribution is 7.11. The predicted molar refractivity (Wildman–Crippen MR) is 89.8 cm³/mol. The summed E-state index contributed by atoms with van der Waals surface area (Å²) in [6.07, 6.45) is 4.87. The summed E-state index contributed by atoms with van der Waals surface area (Å²) in [6, 6.07) is 10.6. The first kappa shape index (κ1) is 16.1. The van der Waals surface area contributed by atoms with E-state index in [1.165, 1.54) is 29.8 Å². The normalized spacial score (nSPS) is 14.0. The average Bonchev–Trinajstić information content (AvgIpc) is 2.99. The van der Waals surface area contributed by atoms with Crippen LogP contribution in [0, 0.1) is 0 Å². The Labute approximate surface area is 131 Å². The largest absolute Gasteiger partial charge is 0.307 e. The maximum atomic E-state index is 4.46. The molecule has 0 aliphatic carbocycles. The number of nitrogens with one attached hydrogen (secondary N) is 1. The monoisotopic (exact) mass is 303 g/mol. The molecule has 0 spiro atoms. The lowest BCUT2D eigenvalue weighted by Crippen LogP contribution is -2.17. The number of hydrogen-bond donors (Lipinski definition) is 1. The third-order valence-electron chi connectivity index (χ3n) is 3.87. The lowest BCUT2D eigenvalue weighted by Gasteiger charge is -2.13. The van der Waals surface area contributed by atoms with Gasteiger partial charge in [0.2, 0.25) is 0 Å². The van der Waals surface area contributed by atoms with Gasteiger partial charge in [-0.15, -0.1) is 10.2 Å². The highest BCUT2D eigenvalue weighted by Gasteiger charge is 2.20. The summed E-state index contributed by atoms with van der Waals surface area (Å²) in [4.78, 5) is 0. The van der Waals surface area contributed by atoms with Crippen molar-refractivity contribution < 1.29 is 0 Å². The number of hydrogen-bond acceptors (Lipinski definition) is 4. The molecule has 114 valence electrons. The van der Waals surface area contributed by atoms with Gasteiger partial charge in [0.25, 0.3) is 0 Å². The van der Waals surface area contributed by atoms with Gasteiger partial charge in [-0.25, -0.2) is 0 Å². The molecule has 0 saturated heterocycles. The Morgan fingerprint density at radius 3 is 2.43 bits per heavy atom. The molecule has 2 rings (SSSR count). The van der Waals surface area contributed by atoms with Crippen molar-refractivity contribution in [2.45, 2.75) is 51.5 Å². The molecule has 1 aromatic carbocycles. The van der Waals surface area contributed by atoms with Crippen molar-refractivity contribution in [3.8, 4) is 0 Å². The zero-order valence-electron chi connectivity index (χ0n) is 13.2. The fourth-order valence-corrected chi connectivity index (χ4v) is 3.76. The smallest absolute Gasteiger partial charge is 0.139 e. The van der Waals surface area contributed by atoms with E-state index < -0.39 is 0 Å². The van der Waals surface area contributed by atoms with Crippen molar-refractivity contribution in [3.05, 3.63) is 45.9 Å². The van der Waals surface area contributed by atoms with Crippen LogP contribution in [0.25, 0.3) is 0 Å². The second-order valence-electron chi connectivity index (χ2n) is 5.36. The molecule has 0 amide bonds. The van der Waals surface area contributed by atoms with Crippen molar-refractivity contribution in [2.75, 3.05) is 7.05 Å². The molecule has 2 aromatic rings. The summed E-state index contributed by atoms with van der Waals surface area (Å²) in [7, 11) is 1.98. The number of rotatable bonds is 8. The van der Waals surface area contributed by atoms with Crippen molar-refractivity contribution in [2.24, 2.45) is 0 Å². The van der Waals surface area contributed by atoms with E-state index in [-0.39, 0.29) is 6.04 Å². The molecule has 0 aliphatic heterocycles. The third-order valence-corrected chi connectivity index (χ3v) is 5.02. The number of benzene rings is 1. The van der Waals surface area contributed by atoms with Crippen molar-refractivity contribution >= 4 is 11.3 Å². The quantitative estimate of drug-likeness (QED) is 0.778. The second-order valence-corrected chi connectivity index (χ2v) is 6.40. The van der Waals surface area contributed by atoms with Crippen molar-refractivity contribution in [1.29, 1.82) is 0 Å². The van der Waals surface area contributed by atoms with Crippen LogP contribution >= 0.6 is 11.3 Å². The minimum Gasteiger partial charge on any atom is -0.307 e. The molecule has 0 aliphatic rings. The van der Waals surface area contributed by atoms with E-state index in [9.17, 15) is 0 Å². The molecule has 1 heterocycles. The standard InChI is InChI=1S/C17H25N3S/c1-4-6-10-13(5-2)16-19-20-17(21-16)15(18-3)14-11-8-7-9-12-14/h7-9,11-13,15,18H,4-6,10H2,1-3H3.